The van der Waals surface area contributed by atoms with E-state index in [1.165, 1.54) is 12.1 Å². The number of furan rings is 1. The van der Waals surface area contributed by atoms with Crippen molar-refractivity contribution in [2.24, 2.45) is 5.92 Å². The van der Waals surface area contributed by atoms with Crippen LogP contribution in [0.3, 0.4) is 0 Å². The molecule has 0 saturated carbocycles. The smallest absolute Gasteiger partial charge is 0.268 e. The SMILES string of the molecule is CC(C)CCNC(=O)c1cc2occc2n1Cc1cccc(F)c1. The molecule has 0 aliphatic carbocycles. The van der Waals surface area contributed by atoms with E-state index in [1.54, 1.807) is 18.4 Å². The third-order valence-corrected chi connectivity index (χ3v) is 3.99. The molecular weight excluding hydrogens is 307 g/mol. The van der Waals surface area contributed by atoms with Crippen molar-refractivity contribution in [2.75, 3.05) is 6.54 Å². The molecule has 5 heteroatoms. The normalized spacial score (nSPS) is 11.3. The van der Waals surface area contributed by atoms with Gasteiger partial charge in [0.15, 0.2) is 5.58 Å². The zero-order chi connectivity index (χ0) is 17.1. The van der Waals surface area contributed by atoms with Crippen molar-refractivity contribution >= 4 is 17.0 Å². The molecule has 0 radical (unpaired) electrons. The number of carbonyl (C=O) groups excluding carboxylic acids is 1. The lowest BCUT2D eigenvalue weighted by Crippen LogP contribution is -2.27. The minimum absolute atomic E-state index is 0.140. The summed E-state index contributed by atoms with van der Waals surface area (Å²) in [5, 5.41) is 2.94. The summed E-state index contributed by atoms with van der Waals surface area (Å²) in [5.41, 5.74) is 2.80. The van der Waals surface area contributed by atoms with Crippen molar-refractivity contribution in [2.45, 2.75) is 26.8 Å². The second-order valence-electron chi connectivity index (χ2n) is 6.35. The van der Waals surface area contributed by atoms with Gasteiger partial charge in [-0.05, 0) is 30.0 Å². The molecule has 0 aliphatic rings. The van der Waals surface area contributed by atoms with E-state index in [9.17, 15) is 9.18 Å². The molecule has 1 N–H and O–H groups in total. The van der Waals surface area contributed by atoms with Gasteiger partial charge in [-0.25, -0.2) is 4.39 Å². The highest BCUT2D eigenvalue weighted by atomic mass is 19.1. The average Bonchev–Trinajstić information content (AvgIpc) is 3.09. The van der Waals surface area contributed by atoms with Crippen LogP contribution in [-0.4, -0.2) is 17.0 Å². The molecular formula is C19H21FN2O2. The number of hydrogen-bond donors (Lipinski definition) is 1. The Hall–Kier alpha value is -2.56. The van der Waals surface area contributed by atoms with Gasteiger partial charge in [0, 0.05) is 25.2 Å². The molecule has 1 amide bonds. The van der Waals surface area contributed by atoms with E-state index >= 15 is 0 Å². The maximum absolute atomic E-state index is 13.4. The van der Waals surface area contributed by atoms with Crippen LogP contribution < -0.4 is 5.32 Å². The highest BCUT2D eigenvalue weighted by Gasteiger charge is 2.17. The van der Waals surface area contributed by atoms with E-state index in [0.29, 0.717) is 30.3 Å². The van der Waals surface area contributed by atoms with Crippen LogP contribution in [0.2, 0.25) is 0 Å². The number of rotatable bonds is 6. The number of aromatic nitrogens is 1. The van der Waals surface area contributed by atoms with Crippen molar-refractivity contribution in [3.63, 3.8) is 0 Å². The van der Waals surface area contributed by atoms with Crippen LogP contribution in [0.5, 0.6) is 0 Å². The molecule has 0 fully saturated rings. The Morgan fingerprint density at radius 2 is 2.12 bits per heavy atom. The lowest BCUT2D eigenvalue weighted by molar-refractivity contribution is 0.0943. The quantitative estimate of drug-likeness (QED) is 0.737. The zero-order valence-corrected chi connectivity index (χ0v) is 13.9. The Kier molecular flexibility index (Phi) is 4.69. The van der Waals surface area contributed by atoms with Crippen molar-refractivity contribution in [1.29, 1.82) is 0 Å². The number of amides is 1. The first kappa shape index (κ1) is 16.3. The summed E-state index contributed by atoms with van der Waals surface area (Å²) in [6, 6.07) is 9.95. The summed E-state index contributed by atoms with van der Waals surface area (Å²) in [4.78, 5) is 12.5. The summed E-state index contributed by atoms with van der Waals surface area (Å²) in [6.07, 6.45) is 2.51. The topological polar surface area (TPSA) is 47.2 Å². The van der Waals surface area contributed by atoms with E-state index in [-0.39, 0.29) is 11.7 Å². The molecule has 4 nitrogen and oxygen atoms in total. The van der Waals surface area contributed by atoms with Crippen molar-refractivity contribution < 1.29 is 13.6 Å². The molecule has 1 aromatic carbocycles. The number of nitrogens with one attached hydrogen (secondary N) is 1. The predicted octanol–water partition coefficient (Wildman–Crippen LogP) is 4.20. The second kappa shape index (κ2) is 6.91. The van der Waals surface area contributed by atoms with Crippen molar-refractivity contribution in [3.05, 3.63) is 59.7 Å². The molecule has 0 unspecified atom stereocenters. The van der Waals surface area contributed by atoms with Gasteiger partial charge in [-0.2, -0.15) is 0 Å². The van der Waals surface area contributed by atoms with E-state index < -0.39 is 0 Å². The molecule has 0 aliphatic heterocycles. The predicted molar refractivity (Wildman–Crippen MR) is 91.5 cm³/mol. The van der Waals surface area contributed by atoms with Crippen LogP contribution >= 0.6 is 0 Å². The van der Waals surface area contributed by atoms with Gasteiger partial charge in [0.25, 0.3) is 5.91 Å². The van der Waals surface area contributed by atoms with Gasteiger partial charge < -0.3 is 14.3 Å². The van der Waals surface area contributed by atoms with Crippen molar-refractivity contribution in [3.8, 4) is 0 Å². The maximum Gasteiger partial charge on any atom is 0.268 e. The van der Waals surface area contributed by atoms with Gasteiger partial charge in [0.1, 0.15) is 11.5 Å². The summed E-state index contributed by atoms with van der Waals surface area (Å²) in [7, 11) is 0. The average molecular weight is 328 g/mol. The Balaban J connectivity index is 1.87. The van der Waals surface area contributed by atoms with E-state index in [1.807, 2.05) is 16.7 Å². The molecule has 126 valence electrons. The first-order valence-corrected chi connectivity index (χ1v) is 8.14. The van der Waals surface area contributed by atoms with Crippen LogP contribution in [0.15, 0.2) is 47.1 Å². The molecule has 0 atom stereocenters. The van der Waals surface area contributed by atoms with Gasteiger partial charge in [0.2, 0.25) is 0 Å². The highest BCUT2D eigenvalue weighted by Crippen LogP contribution is 2.22. The largest absolute Gasteiger partial charge is 0.463 e. The Labute approximate surface area is 140 Å². The Morgan fingerprint density at radius 3 is 2.88 bits per heavy atom. The number of halogens is 1. The number of benzene rings is 1. The fourth-order valence-corrected chi connectivity index (χ4v) is 2.72. The molecule has 3 aromatic rings. The Bertz CT molecular complexity index is 848. The van der Waals surface area contributed by atoms with Crippen LogP contribution in [0.1, 0.15) is 36.3 Å². The molecule has 2 heterocycles. The lowest BCUT2D eigenvalue weighted by atomic mass is 10.1. The first-order chi connectivity index (χ1) is 11.5. The Morgan fingerprint density at radius 1 is 1.29 bits per heavy atom. The van der Waals surface area contributed by atoms with Crippen LogP contribution in [0.25, 0.3) is 11.1 Å². The maximum atomic E-state index is 13.4. The summed E-state index contributed by atoms with van der Waals surface area (Å²) in [5.74, 6) is 0.102. The van der Waals surface area contributed by atoms with Crippen molar-refractivity contribution in [1.82, 2.24) is 9.88 Å². The highest BCUT2D eigenvalue weighted by molar-refractivity contribution is 5.97. The molecule has 24 heavy (non-hydrogen) atoms. The molecule has 0 saturated heterocycles. The standard InChI is InChI=1S/C19H21FN2O2/c1-13(2)6-8-21-19(23)17-11-18-16(7-9-24-18)22(17)12-14-4-3-5-15(20)10-14/h3-5,7,9-11,13H,6,8,12H2,1-2H3,(H,21,23). The third kappa shape index (κ3) is 3.50. The minimum atomic E-state index is -0.286. The van der Waals surface area contributed by atoms with E-state index in [2.05, 4.69) is 19.2 Å². The van der Waals surface area contributed by atoms with Gasteiger partial charge in [-0.3, -0.25) is 4.79 Å². The number of carbonyl (C=O) groups is 1. The van der Waals surface area contributed by atoms with Gasteiger partial charge in [0.05, 0.1) is 11.8 Å². The van der Waals surface area contributed by atoms with Crippen LogP contribution in [0.4, 0.5) is 4.39 Å². The fraction of sp³-hybridized carbons (Fsp3) is 0.316. The van der Waals surface area contributed by atoms with Crippen LogP contribution in [0, 0.1) is 11.7 Å². The molecule has 2 aromatic heterocycles. The number of fused-ring (bicyclic) bond motifs is 1. The first-order valence-electron chi connectivity index (χ1n) is 8.14. The van der Waals surface area contributed by atoms with Gasteiger partial charge in [-0.15, -0.1) is 0 Å². The van der Waals surface area contributed by atoms with Crippen LogP contribution in [-0.2, 0) is 6.54 Å². The van der Waals surface area contributed by atoms with Gasteiger partial charge in [-0.1, -0.05) is 26.0 Å². The molecule has 3 rings (SSSR count). The van der Waals surface area contributed by atoms with E-state index in [0.717, 1.165) is 17.5 Å². The number of nitrogens with zero attached hydrogens (tertiary/aromatic N) is 1. The second-order valence-corrected chi connectivity index (χ2v) is 6.35. The zero-order valence-electron chi connectivity index (χ0n) is 13.9. The fourth-order valence-electron chi connectivity index (χ4n) is 2.72. The van der Waals surface area contributed by atoms with Gasteiger partial charge >= 0.3 is 0 Å². The number of hydrogen-bond acceptors (Lipinski definition) is 2. The lowest BCUT2D eigenvalue weighted by Gasteiger charge is -2.11. The third-order valence-electron chi connectivity index (χ3n) is 3.99. The summed E-state index contributed by atoms with van der Waals surface area (Å²) in [6.45, 7) is 5.27. The summed E-state index contributed by atoms with van der Waals surface area (Å²) < 4.78 is 20.7. The molecule has 0 bridgehead atoms. The minimum Gasteiger partial charge on any atom is -0.463 e. The monoisotopic (exact) mass is 328 g/mol. The molecule has 0 spiro atoms. The summed E-state index contributed by atoms with van der Waals surface area (Å²) >= 11 is 0. The van der Waals surface area contributed by atoms with E-state index in [4.69, 9.17) is 4.42 Å².